The molecule has 2 nitrogen and oxygen atoms in total. The van der Waals surface area contributed by atoms with E-state index in [2.05, 4.69) is 5.87 Å². The molecule has 0 spiro atoms. The lowest BCUT2D eigenvalue weighted by molar-refractivity contribution is 0.620. The van der Waals surface area contributed by atoms with E-state index in [1.807, 2.05) is 27.7 Å². The lowest BCUT2D eigenvalue weighted by Gasteiger charge is -2.23. The summed E-state index contributed by atoms with van der Waals surface area (Å²) in [6.45, 7) is 7.63. The number of hydrogen-bond acceptors (Lipinski definition) is 2. The maximum absolute atomic E-state index is 13.9. The van der Waals surface area contributed by atoms with Gasteiger partial charge < -0.3 is 5.41 Å². The van der Waals surface area contributed by atoms with Gasteiger partial charge in [0.1, 0.15) is 5.83 Å². The number of hydrogen-bond donors (Lipinski definition) is 2. The summed E-state index contributed by atoms with van der Waals surface area (Å²) in [4.78, 5) is 0. The predicted molar refractivity (Wildman–Crippen MR) is 64.9 cm³/mol. The van der Waals surface area contributed by atoms with Gasteiger partial charge in [-0.05, 0) is 29.4 Å². The third kappa shape index (κ3) is 2.05. The molecule has 0 aromatic rings. The van der Waals surface area contributed by atoms with Gasteiger partial charge in [-0.15, -0.1) is 0 Å². The van der Waals surface area contributed by atoms with E-state index >= 15 is 0 Å². The molecule has 16 heavy (non-hydrogen) atoms. The van der Waals surface area contributed by atoms with Gasteiger partial charge in [0, 0.05) is 5.57 Å². The molecule has 1 aliphatic carbocycles. The van der Waals surface area contributed by atoms with Crippen LogP contribution in [0, 0.1) is 22.7 Å². The quantitative estimate of drug-likeness (QED) is 0.667. The second-order valence-corrected chi connectivity index (χ2v) is 4.55. The topological polar surface area (TPSA) is 47.7 Å². The van der Waals surface area contributed by atoms with Gasteiger partial charge in [-0.3, -0.25) is 5.41 Å². The van der Waals surface area contributed by atoms with E-state index in [9.17, 15) is 4.39 Å². The molecule has 0 aliphatic heterocycles. The van der Waals surface area contributed by atoms with Crippen LogP contribution in [0.5, 0.6) is 0 Å². The number of allylic oxidation sites excluding steroid dienone is 5. The highest BCUT2D eigenvalue weighted by atomic mass is 19.1. The van der Waals surface area contributed by atoms with Crippen LogP contribution >= 0.6 is 0 Å². The van der Waals surface area contributed by atoms with Crippen LogP contribution in [0.1, 0.15) is 27.7 Å². The van der Waals surface area contributed by atoms with Crippen LogP contribution < -0.4 is 0 Å². The molecular formula is C13H17FN2. The zero-order chi connectivity index (χ0) is 12.5. The number of halogens is 1. The zero-order valence-electron chi connectivity index (χ0n) is 10.1. The van der Waals surface area contributed by atoms with Gasteiger partial charge >= 0.3 is 0 Å². The molecule has 0 heterocycles. The van der Waals surface area contributed by atoms with E-state index in [1.54, 1.807) is 6.08 Å². The summed E-state index contributed by atoms with van der Waals surface area (Å²) in [5.74, 6) is 1.73. The molecule has 0 radical (unpaired) electrons. The predicted octanol–water partition coefficient (Wildman–Crippen LogP) is 3.66. The Morgan fingerprint density at radius 2 is 1.75 bits per heavy atom. The Balaban J connectivity index is 3.39. The fourth-order valence-electron chi connectivity index (χ4n) is 1.79. The van der Waals surface area contributed by atoms with E-state index in [-0.39, 0.29) is 23.1 Å². The van der Waals surface area contributed by atoms with Gasteiger partial charge in [0.25, 0.3) is 0 Å². The second-order valence-electron chi connectivity index (χ2n) is 4.55. The normalized spacial score (nSPS) is 17.1. The van der Waals surface area contributed by atoms with Gasteiger partial charge in [0.05, 0.1) is 11.3 Å². The standard InChI is InChI=1S/C13H17FN2/c1-7(2)10-5-9(6-15)12(14)11(8(3)4)13(10)16/h5,7-8,15-16H,1-4H3. The first kappa shape index (κ1) is 12.6. The van der Waals surface area contributed by atoms with Crippen molar-refractivity contribution >= 4 is 11.6 Å². The third-order valence-electron chi connectivity index (χ3n) is 2.66. The highest BCUT2D eigenvalue weighted by Gasteiger charge is 2.27. The first-order chi connectivity index (χ1) is 7.40. The molecule has 0 aromatic carbocycles. The molecule has 2 N–H and O–H groups in total. The molecule has 0 amide bonds. The second kappa shape index (κ2) is 4.58. The lowest BCUT2D eigenvalue weighted by Crippen LogP contribution is -2.19. The fourth-order valence-corrected chi connectivity index (χ4v) is 1.79. The van der Waals surface area contributed by atoms with Crippen molar-refractivity contribution in [1.82, 2.24) is 0 Å². The van der Waals surface area contributed by atoms with Gasteiger partial charge in [0.2, 0.25) is 0 Å². The maximum Gasteiger partial charge on any atom is 0.145 e. The van der Waals surface area contributed by atoms with Crippen molar-refractivity contribution in [1.29, 1.82) is 10.8 Å². The molecule has 86 valence electrons. The molecule has 0 fully saturated rings. The van der Waals surface area contributed by atoms with Crippen molar-refractivity contribution in [2.45, 2.75) is 27.7 Å². The monoisotopic (exact) mass is 220 g/mol. The van der Waals surface area contributed by atoms with E-state index < -0.39 is 5.83 Å². The van der Waals surface area contributed by atoms with E-state index in [0.717, 1.165) is 5.57 Å². The van der Waals surface area contributed by atoms with Gasteiger partial charge in [-0.25, -0.2) is 4.39 Å². The van der Waals surface area contributed by atoms with Crippen LogP contribution in [-0.2, 0) is 0 Å². The largest absolute Gasteiger partial charge is 0.300 e. The van der Waals surface area contributed by atoms with Crippen LogP contribution in [0.3, 0.4) is 0 Å². The molecule has 1 rings (SSSR count). The van der Waals surface area contributed by atoms with Crippen LogP contribution in [0.4, 0.5) is 4.39 Å². The Morgan fingerprint density at radius 3 is 2.12 bits per heavy atom. The zero-order valence-corrected chi connectivity index (χ0v) is 10.1. The van der Waals surface area contributed by atoms with E-state index in [0.29, 0.717) is 5.57 Å². The van der Waals surface area contributed by atoms with Crippen molar-refractivity contribution < 1.29 is 4.39 Å². The van der Waals surface area contributed by atoms with Crippen molar-refractivity contribution in [2.24, 2.45) is 11.8 Å². The summed E-state index contributed by atoms with van der Waals surface area (Å²) in [7, 11) is 0. The summed E-state index contributed by atoms with van der Waals surface area (Å²) in [6.07, 6.45) is 1.56. The molecular weight excluding hydrogens is 203 g/mol. The van der Waals surface area contributed by atoms with Gasteiger partial charge in [-0.2, -0.15) is 0 Å². The minimum absolute atomic E-state index is 0.0571. The molecule has 0 saturated carbocycles. The average Bonchev–Trinajstić information content (AvgIpc) is 2.16. The Bertz CT molecular complexity index is 433. The Morgan fingerprint density at radius 1 is 1.19 bits per heavy atom. The molecule has 1 aliphatic rings. The van der Waals surface area contributed by atoms with Gasteiger partial charge in [-0.1, -0.05) is 27.7 Å². The third-order valence-corrected chi connectivity index (χ3v) is 2.66. The Labute approximate surface area is 95.6 Å². The molecule has 0 unspecified atom stereocenters. The fraction of sp³-hybridized carbons (Fsp3) is 0.462. The Kier molecular flexibility index (Phi) is 3.61. The molecule has 0 atom stereocenters. The van der Waals surface area contributed by atoms with Crippen molar-refractivity contribution in [3.05, 3.63) is 28.6 Å². The highest BCUT2D eigenvalue weighted by Crippen LogP contribution is 2.33. The summed E-state index contributed by atoms with van der Waals surface area (Å²) in [6, 6.07) is 0. The van der Waals surface area contributed by atoms with E-state index in [4.69, 9.17) is 10.8 Å². The summed E-state index contributed by atoms with van der Waals surface area (Å²) < 4.78 is 13.9. The number of nitrogens with one attached hydrogen (secondary N) is 2. The smallest absolute Gasteiger partial charge is 0.145 e. The molecule has 0 aromatic heterocycles. The van der Waals surface area contributed by atoms with Crippen LogP contribution in [0.25, 0.3) is 0 Å². The molecule has 0 saturated heterocycles. The molecule has 3 heteroatoms. The number of rotatable bonds is 2. The summed E-state index contributed by atoms with van der Waals surface area (Å²) in [5, 5.41) is 15.1. The van der Waals surface area contributed by atoms with Crippen LogP contribution in [0.2, 0.25) is 0 Å². The molecule has 0 bridgehead atoms. The van der Waals surface area contributed by atoms with Crippen molar-refractivity contribution in [2.75, 3.05) is 0 Å². The first-order valence-electron chi connectivity index (χ1n) is 5.40. The van der Waals surface area contributed by atoms with Crippen molar-refractivity contribution in [3.63, 3.8) is 0 Å². The SMILES string of the molecule is CC(C)C1=CC(=C=N)C(F)=C(C(C)C)C1=N. The lowest BCUT2D eigenvalue weighted by atomic mass is 9.82. The van der Waals surface area contributed by atoms with Gasteiger partial charge in [0.15, 0.2) is 0 Å². The highest BCUT2D eigenvalue weighted by molar-refractivity contribution is 6.13. The van der Waals surface area contributed by atoms with Crippen LogP contribution in [0.15, 0.2) is 28.6 Å². The minimum Gasteiger partial charge on any atom is -0.300 e. The maximum atomic E-state index is 13.9. The average molecular weight is 220 g/mol. The summed E-state index contributed by atoms with van der Waals surface area (Å²) >= 11 is 0. The first-order valence-corrected chi connectivity index (χ1v) is 5.40. The Hall–Kier alpha value is -1.47. The van der Waals surface area contributed by atoms with Crippen molar-refractivity contribution in [3.8, 4) is 0 Å². The minimum atomic E-state index is -0.473. The summed E-state index contributed by atoms with van der Waals surface area (Å²) in [5.41, 5.74) is 1.59. The van der Waals surface area contributed by atoms with Crippen LogP contribution in [-0.4, -0.2) is 11.6 Å². The van der Waals surface area contributed by atoms with E-state index in [1.165, 1.54) is 0 Å².